The Morgan fingerprint density at radius 3 is 1.86 bits per heavy atom. The second kappa shape index (κ2) is 5.19. The molecule has 0 aromatic carbocycles. The van der Waals surface area contributed by atoms with Crippen molar-refractivity contribution in [2.24, 2.45) is 0 Å². The standard InChI is InChI=1S/C4H10S3/c1-6-4(3-5)7-2/h4-5H,3H2,1-2H3. The van der Waals surface area contributed by atoms with E-state index >= 15 is 0 Å². The van der Waals surface area contributed by atoms with Crippen molar-refractivity contribution in [1.82, 2.24) is 0 Å². The zero-order valence-corrected chi connectivity index (χ0v) is 7.08. The molecule has 3 heteroatoms. The predicted octanol–water partition coefficient (Wildman–Crippen LogP) is 1.97. The summed E-state index contributed by atoms with van der Waals surface area (Å²) in [4.78, 5) is 0. The molecule has 0 aromatic rings. The topological polar surface area (TPSA) is 0 Å². The first kappa shape index (κ1) is 8.05. The van der Waals surface area contributed by atoms with Gasteiger partial charge >= 0.3 is 0 Å². The Hall–Kier alpha value is 1.05. The van der Waals surface area contributed by atoms with E-state index in [2.05, 4.69) is 25.1 Å². The summed E-state index contributed by atoms with van der Waals surface area (Å²) in [7, 11) is 0. The zero-order valence-electron chi connectivity index (χ0n) is 4.55. The number of hydrogen-bond acceptors (Lipinski definition) is 3. The Bertz CT molecular complexity index is 28.4. The lowest BCUT2D eigenvalue weighted by Gasteiger charge is -2.04. The molecule has 0 radical (unpaired) electrons. The summed E-state index contributed by atoms with van der Waals surface area (Å²) in [5, 5.41) is 0. The van der Waals surface area contributed by atoms with Gasteiger partial charge in [-0.3, -0.25) is 0 Å². The van der Waals surface area contributed by atoms with Crippen LogP contribution in [0.3, 0.4) is 0 Å². The van der Waals surface area contributed by atoms with Gasteiger partial charge in [-0.05, 0) is 12.5 Å². The van der Waals surface area contributed by atoms with Gasteiger partial charge in [0.25, 0.3) is 0 Å². The highest BCUT2D eigenvalue weighted by atomic mass is 32.2. The molecule has 7 heavy (non-hydrogen) atoms. The van der Waals surface area contributed by atoms with Crippen molar-refractivity contribution in [3.8, 4) is 0 Å². The summed E-state index contributed by atoms with van der Waals surface area (Å²) in [6.07, 6.45) is 4.22. The van der Waals surface area contributed by atoms with Gasteiger partial charge in [-0.2, -0.15) is 36.2 Å². The van der Waals surface area contributed by atoms with Crippen molar-refractivity contribution in [3.63, 3.8) is 0 Å². The van der Waals surface area contributed by atoms with Gasteiger partial charge in [0.1, 0.15) is 0 Å². The van der Waals surface area contributed by atoms with Crippen LogP contribution in [0.15, 0.2) is 0 Å². The molecule has 0 saturated heterocycles. The average molecular weight is 154 g/mol. The molecule has 0 N–H and O–H groups in total. The SMILES string of the molecule is CSC(CS)SC. The van der Waals surface area contributed by atoms with Gasteiger partial charge in [0.2, 0.25) is 0 Å². The molecule has 0 aliphatic carbocycles. The van der Waals surface area contributed by atoms with Crippen LogP contribution in [0.5, 0.6) is 0 Å². The minimum absolute atomic E-state index is 0.684. The maximum atomic E-state index is 4.13. The van der Waals surface area contributed by atoms with Crippen molar-refractivity contribution < 1.29 is 0 Å². The third kappa shape index (κ3) is 3.62. The Balaban J connectivity index is 2.99. The van der Waals surface area contributed by atoms with Crippen LogP contribution in [0.25, 0.3) is 0 Å². The number of thiol groups is 1. The molecule has 0 atom stereocenters. The van der Waals surface area contributed by atoms with E-state index in [0.29, 0.717) is 4.58 Å². The van der Waals surface area contributed by atoms with Crippen molar-refractivity contribution in [2.45, 2.75) is 4.58 Å². The smallest absolute Gasteiger partial charge is 0.0584 e. The van der Waals surface area contributed by atoms with E-state index in [1.807, 2.05) is 23.5 Å². The van der Waals surface area contributed by atoms with Crippen molar-refractivity contribution >= 4 is 36.2 Å². The van der Waals surface area contributed by atoms with Crippen LogP contribution in [0.4, 0.5) is 0 Å². The number of rotatable bonds is 3. The molecule has 0 aromatic heterocycles. The van der Waals surface area contributed by atoms with Crippen molar-refractivity contribution in [1.29, 1.82) is 0 Å². The molecule has 44 valence electrons. The van der Waals surface area contributed by atoms with E-state index < -0.39 is 0 Å². The van der Waals surface area contributed by atoms with Gasteiger partial charge in [-0.15, -0.1) is 0 Å². The van der Waals surface area contributed by atoms with E-state index in [4.69, 9.17) is 0 Å². The van der Waals surface area contributed by atoms with Crippen molar-refractivity contribution in [3.05, 3.63) is 0 Å². The van der Waals surface area contributed by atoms with Gasteiger partial charge in [-0.1, -0.05) is 0 Å². The minimum atomic E-state index is 0.684. The summed E-state index contributed by atoms with van der Waals surface area (Å²) < 4.78 is 0.684. The fraction of sp³-hybridized carbons (Fsp3) is 1.00. The quantitative estimate of drug-likeness (QED) is 0.487. The maximum Gasteiger partial charge on any atom is 0.0584 e. The molecule has 0 bridgehead atoms. The third-order valence-corrected chi connectivity index (χ3v) is 4.07. The molecular formula is C4H10S3. The highest BCUT2D eigenvalue weighted by Crippen LogP contribution is 2.18. The van der Waals surface area contributed by atoms with E-state index in [1.54, 1.807) is 0 Å². The summed E-state index contributed by atoms with van der Waals surface area (Å²) in [6, 6.07) is 0. The minimum Gasteiger partial charge on any atom is -0.177 e. The van der Waals surface area contributed by atoms with Gasteiger partial charge in [-0.25, -0.2) is 0 Å². The fourth-order valence-electron chi connectivity index (χ4n) is 0.245. The van der Waals surface area contributed by atoms with E-state index in [1.165, 1.54) is 0 Å². The molecule has 0 nitrogen and oxygen atoms in total. The van der Waals surface area contributed by atoms with Crippen LogP contribution in [0, 0.1) is 0 Å². The maximum absolute atomic E-state index is 4.13. The summed E-state index contributed by atoms with van der Waals surface area (Å²) in [6.45, 7) is 0. The van der Waals surface area contributed by atoms with Crippen LogP contribution in [0.1, 0.15) is 0 Å². The fourth-order valence-corrected chi connectivity index (χ4v) is 2.21. The summed E-state index contributed by atoms with van der Waals surface area (Å²) in [5.41, 5.74) is 0. The second-order valence-corrected chi connectivity index (χ2v) is 3.83. The molecule has 0 unspecified atom stereocenters. The lowest BCUT2D eigenvalue weighted by molar-refractivity contribution is 1.47. The molecule has 0 saturated carbocycles. The van der Waals surface area contributed by atoms with Gasteiger partial charge in [0.05, 0.1) is 4.58 Å². The average Bonchev–Trinajstić information content (AvgIpc) is 1.72. The van der Waals surface area contributed by atoms with E-state index in [0.717, 1.165) is 5.75 Å². The Morgan fingerprint density at radius 2 is 1.86 bits per heavy atom. The molecule has 0 rings (SSSR count). The largest absolute Gasteiger partial charge is 0.177 e. The van der Waals surface area contributed by atoms with E-state index in [-0.39, 0.29) is 0 Å². The van der Waals surface area contributed by atoms with Crippen LogP contribution in [0.2, 0.25) is 0 Å². The van der Waals surface area contributed by atoms with Crippen LogP contribution in [-0.4, -0.2) is 22.8 Å². The molecule has 0 fully saturated rings. The number of hydrogen-bond donors (Lipinski definition) is 1. The van der Waals surface area contributed by atoms with Gasteiger partial charge in [0, 0.05) is 5.75 Å². The van der Waals surface area contributed by atoms with Crippen molar-refractivity contribution in [2.75, 3.05) is 18.3 Å². The molecular weight excluding hydrogens is 144 g/mol. The molecule has 0 aliphatic rings. The highest BCUT2D eigenvalue weighted by molar-refractivity contribution is 8.17. The van der Waals surface area contributed by atoms with E-state index in [9.17, 15) is 0 Å². The Morgan fingerprint density at radius 1 is 1.43 bits per heavy atom. The molecule has 0 heterocycles. The zero-order chi connectivity index (χ0) is 5.70. The number of thioether (sulfide) groups is 2. The summed E-state index contributed by atoms with van der Waals surface area (Å²) in [5.74, 6) is 0.975. The Labute approximate surface area is 59.2 Å². The lowest BCUT2D eigenvalue weighted by atomic mass is 10.9. The van der Waals surface area contributed by atoms with Crippen LogP contribution >= 0.6 is 36.2 Å². The van der Waals surface area contributed by atoms with Crippen LogP contribution < -0.4 is 0 Å². The highest BCUT2D eigenvalue weighted by Gasteiger charge is 1.97. The second-order valence-electron chi connectivity index (χ2n) is 1.08. The first-order valence-electron chi connectivity index (χ1n) is 2.01. The van der Waals surface area contributed by atoms with Gasteiger partial charge in [0.15, 0.2) is 0 Å². The predicted molar refractivity (Wildman–Crippen MR) is 44.7 cm³/mol. The Kier molecular flexibility index (Phi) is 5.97. The third-order valence-electron chi connectivity index (χ3n) is 0.675. The monoisotopic (exact) mass is 154 g/mol. The molecule has 0 aliphatic heterocycles. The van der Waals surface area contributed by atoms with Gasteiger partial charge < -0.3 is 0 Å². The normalized spacial score (nSPS) is 10.3. The first-order chi connectivity index (χ1) is 3.35. The molecule has 0 spiro atoms. The summed E-state index contributed by atoms with van der Waals surface area (Å²) >= 11 is 7.85. The first-order valence-corrected chi connectivity index (χ1v) is 5.22. The van der Waals surface area contributed by atoms with Crippen LogP contribution in [-0.2, 0) is 0 Å². The molecule has 0 amide bonds. The lowest BCUT2D eigenvalue weighted by Crippen LogP contribution is -1.94.